The first-order valence-corrected chi connectivity index (χ1v) is 5.82. The van der Waals surface area contributed by atoms with Gasteiger partial charge in [0.05, 0.1) is 17.5 Å². The van der Waals surface area contributed by atoms with Crippen LogP contribution in [0.2, 0.25) is 5.15 Å². The van der Waals surface area contributed by atoms with E-state index in [4.69, 9.17) is 17.3 Å². The van der Waals surface area contributed by atoms with Crippen molar-refractivity contribution in [1.29, 1.82) is 0 Å². The largest absolute Gasteiger partial charge is 0.396 e. The number of aliphatic hydroxyl groups is 2. The maximum absolute atomic E-state index is 10.6. The van der Waals surface area contributed by atoms with Crippen molar-refractivity contribution in [3.8, 4) is 0 Å². The molecule has 1 aromatic heterocycles. The summed E-state index contributed by atoms with van der Waals surface area (Å²) in [7, 11) is 0. The molecule has 0 aliphatic carbocycles. The van der Waals surface area contributed by atoms with Crippen molar-refractivity contribution in [2.75, 3.05) is 12.3 Å². The molecular weight excluding hydrogens is 258 g/mol. The third kappa shape index (κ3) is 4.14. The van der Waals surface area contributed by atoms with Crippen LogP contribution in [0.4, 0.5) is 5.69 Å². The molecule has 0 fully saturated rings. The van der Waals surface area contributed by atoms with E-state index in [0.717, 1.165) is 0 Å². The van der Waals surface area contributed by atoms with Crippen molar-refractivity contribution in [1.82, 2.24) is 10.3 Å². The Morgan fingerprint density at radius 2 is 2.22 bits per heavy atom. The first kappa shape index (κ1) is 14.7. The number of halogens is 1. The Labute approximate surface area is 110 Å². The van der Waals surface area contributed by atoms with Gasteiger partial charge >= 0.3 is 0 Å². The monoisotopic (exact) mass is 273 g/mol. The number of nitrogen functional groups attached to an aromatic ring is 1. The number of rotatable bonds is 5. The number of hydrogen-bond acceptors (Lipinski definition) is 5. The lowest BCUT2D eigenvalue weighted by atomic mass is 10.1. The van der Waals surface area contributed by atoms with E-state index in [1.165, 1.54) is 19.1 Å². The first-order valence-electron chi connectivity index (χ1n) is 5.44. The van der Waals surface area contributed by atoms with Gasteiger partial charge in [-0.3, -0.25) is 4.79 Å². The fourth-order valence-electron chi connectivity index (χ4n) is 1.37. The molecule has 0 aliphatic rings. The zero-order valence-corrected chi connectivity index (χ0v) is 10.7. The average molecular weight is 274 g/mol. The van der Waals surface area contributed by atoms with Gasteiger partial charge in [-0.15, -0.1) is 0 Å². The molecule has 100 valence electrons. The fraction of sp³-hybridized carbons (Fsp3) is 0.455. The summed E-state index contributed by atoms with van der Waals surface area (Å²) < 4.78 is 0. The number of carbonyl (C=O) groups is 1. The quantitative estimate of drug-likeness (QED) is 0.575. The predicted molar refractivity (Wildman–Crippen MR) is 67.9 cm³/mol. The van der Waals surface area contributed by atoms with Gasteiger partial charge in [-0.2, -0.15) is 0 Å². The minimum atomic E-state index is -1.17. The lowest BCUT2D eigenvalue weighted by Crippen LogP contribution is -2.28. The summed E-state index contributed by atoms with van der Waals surface area (Å²) in [5.74, 6) is -0.189. The van der Waals surface area contributed by atoms with Crippen LogP contribution in [0.25, 0.3) is 0 Å². The molecule has 1 aromatic rings. The Kier molecular flexibility index (Phi) is 5.33. The zero-order valence-electron chi connectivity index (χ0n) is 9.93. The van der Waals surface area contributed by atoms with Crippen LogP contribution in [0, 0.1) is 0 Å². The molecule has 1 amide bonds. The van der Waals surface area contributed by atoms with Gasteiger partial charge in [-0.05, 0) is 18.6 Å². The molecule has 18 heavy (non-hydrogen) atoms. The maximum Gasteiger partial charge on any atom is 0.216 e. The van der Waals surface area contributed by atoms with E-state index in [-0.39, 0.29) is 29.7 Å². The molecule has 0 radical (unpaired) electrons. The van der Waals surface area contributed by atoms with Gasteiger partial charge in [0.1, 0.15) is 6.10 Å². The van der Waals surface area contributed by atoms with Gasteiger partial charge in [0.2, 0.25) is 5.91 Å². The van der Waals surface area contributed by atoms with Gasteiger partial charge in [0, 0.05) is 13.5 Å². The lowest BCUT2D eigenvalue weighted by molar-refractivity contribution is -0.119. The highest BCUT2D eigenvalue weighted by atomic mass is 35.5. The number of hydrogen-bond donors (Lipinski definition) is 4. The highest BCUT2D eigenvalue weighted by Crippen LogP contribution is 2.22. The molecule has 7 heteroatoms. The van der Waals surface area contributed by atoms with Gasteiger partial charge in [0.15, 0.2) is 5.15 Å². The van der Waals surface area contributed by atoms with Crippen LogP contribution < -0.4 is 11.1 Å². The summed E-state index contributed by atoms with van der Waals surface area (Å²) in [5.41, 5.74) is 6.04. The molecule has 0 saturated heterocycles. The van der Waals surface area contributed by atoms with Gasteiger partial charge in [-0.25, -0.2) is 4.98 Å². The van der Waals surface area contributed by atoms with Crippen molar-refractivity contribution in [2.45, 2.75) is 25.6 Å². The zero-order chi connectivity index (χ0) is 13.7. The summed E-state index contributed by atoms with van der Waals surface area (Å²) in [4.78, 5) is 14.5. The van der Waals surface area contributed by atoms with Crippen molar-refractivity contribution >= 4 is 23.2 Å². The van der Waals surface area contributed by atoms with Crippen LogP contribution in [-0.2, 0) is 4.79 Å². The number of aliphatic hydroxyl groups excluding tert-OH is 2. The van der Waals surface area contributed by atoms with Crippen molar-refractivity contribution in [2.24, 2.45) is 0 Å². The number of pyridine rings is 1. The Bertz CT molecular complexity index is 428. The number of carbonyl (C=O) groups excluding carboxylic acids is 1. The average Bonchev–Trinajstić information content (AvgIpc) is 2.31. The van der Waals surface area contributed by atoms with Crippen molar-refractivity contribution in [3.63, 3.8) is 0 Å². The number of nitrogens with two attached hydrogens (primary N) is 1. The van der Waals surface area contributed by atoms with E-state index in [0.29, 0.717) is 5.69 Å². The van der Waals surface area contributed by atoms with E-state index in [1.54, 1.807) is 0 Å². The summed E-state index contributed by atoms with van der Waals surface area (Å²) >= 11 is 5.72. The topological polar surface area (TPSA) is 108 Å². The molecule has 0 aromatic carbocycles. The van der Waals surface area contributed by atoms with Crippen molar-refractivity contribution < 1.29 is 15.0 Å². The molecule has 1 heterocycles. The fourth-order valence-corrected chi connectivity index (χ4v) is 1.54. The molecule has 2 atom stereocenters. The Morgan fingerprint density at radius 3 is 2.78 bits per heavy atom. The van der Waals surface area contributed by atoms with Gasteiger partial charge in [-0.1, -0.05) is 11.6 Å². The highest BCUT2D eigenvalue weighted by molar-refractivity contribution is 6.31. The van der Waals surface area contributed by atoms with E-state index < -0.39 is 12.2 Å². The van der Waals surface area contributed by atoms with Crippen LogP contribution in [0.15, 0.2) is 12.1 Å². The molecule has 6 nitrogen and oxygen atoms in total. The van der Waals surface area contributed by atoms with Crippen LogP contribution in [0.1, 0.15) is 25.1 Å². The van der Waals surface area contributed by atoms with Crippen LogP contribution in [-0.4, -0.2) is 33.8 Å². The molecule has 0 spiro atoms. The second kappa shape index (κ2) is 6.53. The summed E-state index contributed by atoms with van der Waals surface area (Å²) in [6, 6.07) is 3.00. The molecule has 2 unspecified atom stereocenters. The normalized spacial score (nSPS) is 14.0. The van der Waals surface area contributed by atoms with Crippen LogP contribution in [0.3, 0.4) is 0 Å². The molecular formula is C11H16ClN3O3. The number of anilines is 1. The minimum Gasteiger partial charge on any atom is -0.396 e. The summed E-state index contributed by atoms with van der Waals surface area (Å²) in [5, 5.41) is 22.2. The maximum atomic E-state index is 10.6. The molecule has 5 N–H and O–H groups in total. The molecule has 1 rings (SSSR count). The third-order valence-electron chi connectivity index (χ3n) is 2.38. The number of nitrogens with one attached hydrogen (secondary N) is 1. The number of amides is 1. The van der Waals surface area contributed by atoms with Crippen LogP contribution >= 0.6 is 11.6 Å². The minimum absolute atomic E-state index is 0.0839. The SMILES string of the molecule is CC(=O)NCCC(O)C(O)c1ccc(N)c(Cl)n1. The van der Waals surface area contributed by atoms with Gasteiger partial charge in [0.25, 0.3) is 0 Å². The second-order valence-corrected chi connectivity index (χ2v) is 4.26. The van der Waals surface area contributed by atoms with E-state index >= 15 is 0 Å². The lowest BCUT2D eigenvalue weighted by Gasteiger charge is -2.17. The highest BCUT2D eigenvalue weighted by Gasteiger charge is 2.20. The van der Waals surface area contributed by atoms with Crippen molar-refractivity contribution in [3.05, 3.63) is 23.0 Å². The van der Waals surface area contributed by atoms with E-state index in [9.17, 15) is 15.0 Å². The Morgan fingerprint density at radius 1 is 1.56 bits per heavy atom. The molecule has 0 bridgehead atoms. The number of aromatic nitrogens is 1. The standard InChI is InChI=1S/C11H16ClN3O3/c1-6(16)14-5-4-9(17)10(18)8-3-2-7(13)11(12)15-8/h2-3,9-10,17-18H,4-5,13H2,1H3,(H,14,16). The number of nitrogens with zero attached hydrogens (tertiary/aromatic N) is 1. The van der Waals surface area contributed by atoms with E-state index in [2.05, 4.69) is 10.3 Å². The first-order chi connectivity index (χ1) is 8.41. The summed E-state index contributed by atoms with van der Waals surface area (Å²) in [6.45, 7) is 1.65. The van der Waals surface area contributed by atoms with Gasteiger partial charge < -0.3 is 21.3 Å². The smallest absolute Gasteiger partial charge is 0.216 e. The predicted octanol–water partition coefficient (Wildman–Crippen LogP) is 0.238. The molecule has 0 saturated carbocycles. The Hall–Kier alpha value is -1.37. The second-order valence-electron chi connectivity index (χ2n) is 3.90. The Balaban J connectivity index is 2.59. The summed E-state index contributed by atoms with van der Waals surface area (Å²) in [6.07, 6.45) is -1.99. The van der Waals surface area contributed by atoms with E-state index in [1.807, 2.05) is 0 Å². The molecule has 0 aliphatic heterocycles. The third-order valence-corrected chi connectivity index (χ3v) is 2.68. The van der Waals surface area contributed by atoms with Crippen LogP contribution in [0.5, 0.6) is 0 Å².